The van der Waals surface area contributed by atoms with Crippen molar-refractivity contribution in [3.8, 4) is 23.0 Å². The Labute approximate surface area is 190 Å². The molecule has 2 N–H and O–H groups in total. The van der Waals surface area contributed by atoms with Gasteiger partial charge in [0.15, 0.2) is 23.1 Å². The molecular formula is C24H26O9. The molecule has 0 aliphatic heterocycles. The van der Waals surface area contributed by atoms with Gasteiger partial charge in [0.2, 0.25) is 5.75 Å². The van der Waals surface area contributed by atoms with Gasteiger partial charge in [0.25, 0.3) is 0 Å². The Morgan fingerprint density at radius 2 is 1.36 bits per heavy atom. The maximum absolute atomic E-state index is 13.1. The second kappa shape index (κ2) is 11.1. The number of ketones is 2. The first-order valence-corrected chi connectivity index (χ1v) is 10.4. The molecule has 0 spiro atoms. The van der Waals surface area contributed by atoms with Crippen LogP contribution in [0, 0.1) is 0 Å². The predicted octanol–water partition coefficient (Wildman–Crippen LogP) is 3.96. The number of phenols is 2. The second-order valence-electron chi connectivity index (χ2n) is 6.96. The maximum Gasteiger partial charge on any atom is 0.340 e. The number of rotatable bonds is 10. The predicted molar refractivity (Wildman–Crippen MR) is 117 cm³/mol. The molecule has 0 aromatic heterocycles. The Balaban J connectivity index is 2.66. The summed E-state index contributed by atoms with van der Waals surface area (Å²) >= 11 is 0. The first kappa shape index (κ1) is 25.4. The van der Waals surface area contributed by atoms with E-state index in [2.05, 4.69) is 0 Å². The van der Waals surface area contributed by atoms with Crippen LogP contribution < -0.4 is 9.47 Å². The first-order valence-electron chi connectivity index (χ1n) is 10.4. The van der Waals surface area contributed by atoms with Gasteiger partial charge in [-0.2, -0.15) is 0 Å². The van der Waals surface area contributed by atoms with Crippen LogP contribution in [0.1, 0.15) is 76.7 Å². The summed E-state index contributed by atoms with van der Waals surface area (Å²) < 4.78 is 15.5. The van der Waals surface area contributed by atoms with E-state index in [-0.39, 0.29) is 25.9 Å². The third kappa shape index (κ3) is 5.49. The molecule has 2 rings (SSSR count). The molecule has 0 amide bonds. The van der Waals surface area contributed by atoms with Gasteiger partial charge in [-0.15, -0.1) is 0 Å². The highest BCUT2D eigenvalue weighted by Gasteiger charge is 2.35. The molecule has 0 bridgehead atoms. The summed E-state index contributed by atoms with van der Waals surface area (Å²) in [5.74, 6) is -5.34. The Morgan fingerprint density at radius 3 is 1.88 bits per heavy atom. The summed E-state index contributed by atoms with van der Waals surface area (Å²) in [4.78, 5) is 50.4. The number of ether oxygens (including phenoxy) is 3. The van der Waals surface area contributed by atoms with Gasteiger partial charge in [0.05, 0.1) is 23.8 Å². The van der Waals surface area contributed by atoms with Crippen molar-refractivity contribution in [1.29, 1.82) is 0 Å². The third-order valence-electron chi connectivity index (χ3n) is 4.84. The highest BCUT2D eigenvalue weighted by Crippen LogP contribution is 2.45. The minimum absolute atomic E-state index is 0.104. The van der Waals surface area contributed by atoms with Gasteiger partial charge in [-0.25, -0.2) is 4.79 Å². The molecule has 0 fully saturated rings. The summed E-state index contributed by atoms with van der Waals surface area (Å²) in [6.45, 7) is 4.25. The van der Waals surface area contributed by atoms with Crippen molar-refractivity contribution in [1.82, 2.24) is 0 Å². The van der Waals surface area contributed by atoms with Crippen LogP contribution in [0.2, 0.25) is 0 Å². The number of hydrogen-bond acceptors (Lipinski definition) is 9. The summed E-state index contributed by atoms with van der Waals surface area (Å²) in [7, 11) is 1.51. The summed E-state index contributed by atoms with van der Waals surface area (Å²) in [6.07, 6.45) is -0.383. The van der Waals surface area contributed by atoms with Gasteiger partial charge < -0.3 is 24.4 Å². The lowest BCUT2D eigenvalue weighted by Gasteiger charge is -2.19. The van der Waals surface area contributed by atoms with Crippen LogP contribution in [0.15, 0.2) is 24.3 Å². The van der Waals surface area contributed by atoms with Crippen molar-refractivity contribution in [2.75, 3.05) is 7.11 Å². The molecule has 33 heavy (non-hydrogen) atoms. The van der Waals surface area contributed by atoms with E-state index in [1.165, 1.54) is 27.9 Å². The van der Waals surface area contributed by atoms with Crippen LogP contribution in [0.4, 0.5) is 0 Å². The third-order valence-corrected chi connectivity index (χ3v) is 4.84. The number of esters is 2. The fraction of sp³-hybridized carbons (Fsp3) is 0.333. The van der Waals surface area contributed by atoms with E-state index in [0.29, 0.717) is 11.3 Å². The molecular weight excluding hydrogens is 432 g/mol. The van der Waals surface area contributed by atoms with E-state index in [4.69, 9.17) is 14.2 Å². The molecule has 9 nitrogen and oxygen atoms in total. The van der Waals surface area contributed by atoms with Gasteiger partial charge in [0, 0.05) is 19.3 Å². The van der Waals surface area contributed by atoms with Crippen LogP contribution in [0.3, 0.4) is 0 Å². The fourth-order valence-corrected chi connectivity index (χ4v) is 3.02. The monoisotopic (exact) mass is 458 g/mol. The number of carbonyl (C=O) groups excluding carboxylic acids is 4. The zero-order valence-corrected chi connectivity index (χ0v) is 18.9. The largest absolute Gasteiger partial charge is 0.504 e. The Hall–Kier alpha value is -3.88. The molecule has 0 radical (unpaired) electrons. The number of phenolic OH excluding ortho intramolecular Hbond substituents is 2. The highest BCUT2D eigenvalue weighted by molar-refractivity contribution is 6.17. The minimum Gasteiger partial charge on any atom is -0.504 e. The summed E-state index contributed by atoms with van der Waals surface area (Å²) in [6, 6.07) is 6.64. The number of carbonyl (C=O) groups is 4. The summed E-state index contributed by atoms with van der Waals surface area (Å²) in [5.41, 5.74) is -1.03. The van der Waals surface area contributed by atoms with E-state index in [0.717, 1.165) is 0 Å². The fourth-order valence-electron chi connectivity index (χ4n) is 3.02. The summed E-state index contributed by atoms with van der Waals surface area (Å²) in [5, 5.41) is 21.0. The minimum atomic E-state index is -1.09. The quantitative estimate of drug-likeness (QED) is 0.234. The van der Waals surface area contributed by atoms with E-state index < -0.39 is 57.4 Å². The van der Waals surface area contributed by atoms with Crippen molar-refractivity contribution < 1.29 is 43.6 Å². The Bertz CT molecular complexity index is 1070. The van der Waals surface area contributed by atoms with Gasteiger partial charge in [-0.3, -0.25) is 14.4 Å². The van der Waals surface area contributed by atoms with E-state index in [1.807, 2.05) is 0 Å². The lowest BCUT2D eigenvalue weighted by Crippen LogP contribution is -2.20. The average Bonchev–Trinajstić information content (AvgIpc) is 2.84. The molecule has 0 saturated heterocycles. The van der Waals surface area contributed by atoms with Crippen LogP contribution in [-0.4, -0.2) is 40.8 Å². The number of Topliss-reactive ketones (excluding diaryl/α,β-unsaturated/α-hetero) is 2. The Kier molecular flexibility index (Phi) is 8.56. The van der Waals surface area contributed by atoms with E-state index in [9.17, 15) is 29.4 Å². The molecule has 0 atom stereocenters. The molecule has 0 saturated carbocycles. The standard InChI is InChI=1S/C24H26O9/c1-5-15(25)18-20(24(30)32-12-13-8-10-14(31-4)11-9-13)19(16(26)6-2)23(22(29)21(18)28)33-17(27)7-3/h8-11,28-29H,5-7,12H2,1-4H3. The molecule has 0 aliphatic carbocycles. The zero-order valence-electron chi connectivity index (χ0n) is 18.9. The van der Waals surface area contributed by atoms with Crippen molar-refractivity contribution in [2.24, 2.45) is 0 Å². The molecule has 2 aromatic carbocycles. The molecule has 0 aliphatic rings. The van der Waals surface area contributed by atoms with E-state index >= 15 is 0 Å². The Morgan fingerprint density at radius 1 is 0.788 bits per heavy atom. The van der Waals surface area contributed by atoms with Crippen molar-refractivity contribution in [3.63, 3.8) is 0 Å². The number of benzene rings is 2. The van der Waals surface area contributed by atoms with Gasteiger partial charge >= 0.3 is 11.9 Å². The normalized spacial score (nSPS) is 10.4. The van der Waals surface area contributed by atoms with Crippen LogP contribution in [0.5, 0.6) is 23.0 Å². The van der Waals surface area contributed by atoms with Crippen LogP contribution in [0.25, 0.3) is 0 Å². The average molecular weight is 458 g/mol. The van der Waals surface area contributed by atoms with Crippen LogP contribution in [-0.2, 0) is 16.1 Å². The molecule has 9 heteroatoms. The molecule has 176 valence electrons. The van der Waals surface area contributed by atoms with E-state index in [1.54, 1.807) is 24.3 Å². The van der Waals surface area contributed by atoms with Gasteiger partial charge in [-0.1, -0.05) is 32.9 Å². The molecule has 0 unspecified atom stereocenters. The number of aromatic hydroxyl groups is 2. The van der Waals surface area contributed by atoms with Crippen molar-refractivity contribution >= 4 is 23.5 Å². The number of methoxy groups -OCH3 is 1. The maximum atomic E-state index is 13.1. The smallest absolute Gasteiger partial charge is 0.340 e. The molecule has 2 aromatic rings. The zero-order chi connectivity index (χ0) is 24.7. The van der Waals surface area contributed by atoms with Crippen LogP contribution >= 0.6 is 0 Å². The van der Waals surface area contributed by atoms with Crippen molar-refractivity contribution in [3.05, 3.63) is 46.5 Å². The highest BCUT2D eigenvalue weighted by atomic mass is 16.5. The molecule has 0 heterocycles. The van der Waals surface area contributed by atoms with Gasteiger partial charge in [0.1, 0.15) is 12.4 Å². The lowest BCUT2D eigenvalue weighted by atomic mass is 9.91. The number of hydrogen-bond donors (Lipinski definition) is 2. The second-order valence-corrected chi connectivity index (χ2v) is 6.96. The van der Waals surface area contributed by atoms with Gasteiger partial charge in [-0.05, 0) is 17.7 Å². The lowest BCUT2D eigenvalue weighted by molar-refractivity contribution is -0.134. The SMILES string of the molecule is CCC(=O)Oc1c(O)c(O)c(C(=O)CC)c(C(=O)OCc2ccc(OC)cc2)c1C(=O)CC. The first-order chi connectivity index (χ1) is 15.7. The topological polar surface area (TPSA) is 136 Å². The van der Waals surface area contributed by atoms with Crippen molar-refractivity contribution in [2.45, 2.75) is 46.6 Å².